The largest absolute Gasteiger partial charge is 0.329 e. The minimum atomic E-state index is -0.482. The molecular weight excluding hydrogens is 338 g/mol. The summed E-state index contributed by atoms with van der Waals surface area (Å²) in [6.07, 6.45) is 2.93. The molecule has 3 heterocycles. The first kappa shape index (κ1) is 15.5. The zero-order valence-corrected chi connectivity index (χ0v) is 14.5. The van der Waals surface area contributed by atoms with Crippen LogP contribution in [0.3, 0.4) is 0 Å². The molecule has 0 aliphatic heterocycles. The number of hydrogen-bond donors (Lipinski definition) is 1. The van der Waals surface area contributed by atoms with Gasteiger partial charge in [0.1, 0.15) is 11.4 Å². The number of nitrogens with zero attached hydrogens (tertiary/aromatic N) is 4. The standard InChI is InChI=1S/C17H15N5O2S/c1-3-21-10(2)19-13-8-11(4-5-14(13)21)20-15(23)12-9-18-17-22(16(12)24)6-7-25-17/h4-9H,3H2,1-2H3,(H,20,23). The Labute approximate surface area is 146 Å². The Morgan fingerprint density at radius 3 is 3.00 bits per heavy atom. The molecule has 0 unspecified atom stereocenters. The highest BCUT2D eigenvalue weighted by atomic mass is 32.1. The van der Waals surface area contributed by atoms with E-state index in [1.165, 1.54) is 21.9 Å². The van der Waals surface area contributed by atoms with E-state index in [0.29, 0.717) is 10.6 Å². The SMILES string of the molecule is CCn1c(C)nc2cc(NC(=O)c3cnc4sccn4c3=O)ccc21. The van der Waals surface area contributed by atoms with Gasteiger partial charge in [-0.2, -0.15) is 0 Å². The summed E-state index contributed by atoms with van der Waals surface area (Å²) in [4.78, 5) is 34.1. The first-order chi connectivity index (χ1) is 12.1. The normalized spacial score (nSPS) is 11.3. The van der Waals surface area contributed by atoms with Crippen LogP contribution in [0.1, 0.15) is 23.1 Å². The molecule has 4 rings (SSSR count). The van der Waals surface area contributed by atoms with Crippen LogP contribution >= 0.6 is 11.3 Å². The number of aromatic nitrogens is 4. The lowest BCUT2D eigenvalue weighted by Crippen LogP contribution is -2.25. The molecule has 0 saturated carbocycles. The van der Waals surface area contributed by atoms with Crippen molar-refractivity contribution in [2.24, 2.45) is 0 Å². The van der Waals surface area contributed by atoms with E-state index in [9.17, 15) is 9.59 Å². The third-order valence-corrected chi connectivity index (χ3v) is 4.87. The van der Waals surface area contributed by atoms with Crippen LogP contribution < -0.4 is 10.9 Å². The van der Waals surface area contributed by atoms with Crippen molar-refractivity contribution in [2.45, 2.75) is 20.4 Å². The molecule has 0 spiro atoms. The molecule has 4 aromatic rings. The van der Waals surface area contributed by atoms with Crippen LogP contribution in [0, 0.1) is 6.92 Å². The summed E-state index contributed by atoms with van der Waals surface area (Å²) < 4.78 is 3.47. The minimum Gasteiger partial charge on any atom is -0.329 e. The molecule has 126 valence electrons. The maximum Gasteiger partial charge on any atom is 0.271 e. The molecule has 0 saturated heterocycles. The van der Waals surface area contributed by atoms with E-state index in [4.69, 9.17) is 0 Å². The van der Waals surface area contributed by atoms with Crippen LogP contribution in [-0.4, -0.2) is 24.8 Å². The van der Waals surface area contributed by atoms with Gasteiger partial charge in [-0.25, -0.2) is 9.97 Å². The van der Waals surface area contributed by atoms with Crippen molar-refractivity contribution in [1.82, 2.24) is 18.9 Å². The Morgan fingerprint density at radius 2 is 2.20 bits per heavy atom. The Bertz CT molecular complexity index is 1170. The average molecular weight is 353 g/mol. The number of thiazole rings is 1. The first-order valence-electron chi connectivity index (χ1n) is 7.81. The van der Waals surface area contributed by atoms with Gasteiger partial charge in [-0.15, -0.1) is 11.3 Å². The Kier molecular flexibility index (Phi) is 3.61. The number of benzene rings is 1. The van der Waals surface area contributed by atoms with Crippen molar-refractivity contribution in [3.63, 3.8) is 0 Å². The predicted octanol–water partition coefficient (Wildman–Crippen LogP) is 2.69. The highest BCUT2D eigenvalue weighted by Gasteiger charge is 2.15. The van der Waals surface area contributed by atoms with E-state index >= 15 is 0 Å². The number of hydrogen-bond acceptors (Lipinski definition) is 5. The van der Waals surface area contributed by atoms with Crippen molar-refractivity contribution >= 4 is 38.9 Å². The molecule has 1 N–H and O–H groups in total. The van der Waals surface area contributed by atoms with Crippen molar-refractivity contribution in [2.75, 3.05) is 5.32 Å². The molecule has 0 radical (unpaired) electrons. The van der Waals surface area contributed by atoms with Crippen LogP contribution in [0.25, 0.3) is 16.0 Å². The number of amides is 1. The van der Waals surface area contributed by atoms with Crippen molar-refractivity contribution in [1.29, 1.82) is 0 Å². The second-order valence-corrected chi connectivity index (χ2v) is 6.47. The molecule has 0 atom stereocenters. The lowest BCUT2D eigenvalue weighted by atomic mass is 10.2. The number of imidazole rings is 1. The van der Waals surface area contributed by atoms with Crippen molar-refractivity contribution < 1.29 is 4.79 Å². The smallest absolute Gasteiger partial charge is 0.271 e. The first-order valence-corrected chi connectivity index (χ1v) is 8.69. The molecule has 0 bridgehead atoms. The molecule has 0 aliphatic rings. The van der Waals surface area contributed by atoms with Gasteiger partial charge in [-0.05, 0) is 32.0 Å². The summed E-state index contributed by atoms with van der Waals surface area (Å²) in [5.74, 6) is 0.440. The van der Waals surface area contributed by atoms with Gasteiger partial charge >= 0.3 is 0 Å². The fourth-order valence-electron chi connectivity index (χ4n) is 2.91. The molecule has 1 amide bonds. The van der Waals surface area contributed by atoms with Gasteiger partial charge in [0.25, 0.3) is 11.5 Å². The van der Waals surface area contributed by atoms with Gasteiger partial charge in [0.2, 0.25) is 0 Å². The summed E-state index contributed by atoms with van der Waals surface area (Å²) >= 11 is 1.34. The number of carbonyl (C=O) groups excluding carboxylic acids is 1. The number of aryl methyl sites for hydroxylation is 2. The lowest BCUT2D eigenvalue weighted by Gasteiger charge is -2.06. The number of anilines is 1. The molecule has 8 heteroatoms. The van der Waals surface area contributed by atoms with Gasteiger partial charge < -0.3 is 9.88 Å². The summed E-state index contributed by atoms with van der Waals surface area (Å²) in [5, 5.41) is 4.51. The molecular formula is C17H15N5O2S. The van der Waals surface area contributed by atoms with Gasteiger partial charge in [0, 0.05) is 30.0 Å². The fraction of sp³-hybridized carbons (Fsp3) is 0.176. The van der Waals surface area contributed by atoms with Gasteiger partial charge in [0.05, 0.1) is 11.0 Å². The van der Waals surface area contributed by atoms with Crippen molar-refractivity contribution in [3.05, 3.63) is 57.7 Å². The lowest BCUT2D eigenvalue weighted by molar-refractivity contribution is 0.102. The van der Waals surface area contributed by atoms with E-state index in [-0.39, 0.29) is 11.1 Å². The average Bonchev–Trinajstić information content (AvgIpc) is 3.18. The second kappa shape index (κ2) is 5.82. The monoisotopic (exact) mass is 353 g/mol. The highest BCUT2D eigenvalue weighted by molar-refractivity contribution is 7.15. The molecule has 7 nitrogen and oxygen atoms in total. The topological polar surface area (TPSA) is 81.3 Å². The number of fused-ring (bicyclic) bond motifs is 2. The molecule has 0 fully saturated rings. The maximum atomic E-state index is 12.5. The Morgan fingerprint density at radius 1 is 1.36 bits per heavy atom. The number of nitrogens with one attached hydrogen (secondary N) is 1. The number of rotatable bonds is 3. The zero-order valence-electron chi connectivity index (χ0n) is 13.7. The third-order valence-electron chi connectivity index (χ3n) is 4.10. The van der Waals surface area contributed by atoms with Crippen LogP contribution in [0.5, 0.6) is 0 Å². The van der Waals surface area contributed by atoms with E-state index in [1.54, 1.807) is 17.6 Å². The second-order valence-electron chi connectivity index (χ2n) is 5.59. The van der Waals surface area contributed by atoms with Gasteiger partial charge in [0.15, 0.2) is 4.96 Å². The summed E-state index contributed by atoms with van der Waals surface area (Å²) in [5.41, 5.74) is 2.04. The van der Waals surface area contributed by atoms with E-state index in [2.05, 4.69) is 26.8 Å². The summed E-state index contributed by atoms with van der Waals surface area (Å²) in [6, 6.07) is 5.53. The van der Waals surface area contributed by atoms with Crippen LogP contribution in [0.2, 0.25) is 0 Å². The third kappa shape index (κ3) is 2.51. The molecule has 0 aliphatic carbocycles. The Balaban J connectivity index is 1.69. The van der Waals surface area contributed by atoms with Crippen LogP contribution in [0.15, 0.2) is 40.8 Å². The Hall–Kier alpha value is -3.00. The molecule has 1 aromatic carbocycles. The van der Waals surface area contributed by atoms with E-state index in [1.807, 2.05) is 19.1 Å². The van der Waals surface area contributed by atoms with Crippen LogP contribution in [-0.2, 0) is 6.54 Å². The highest BCUT2D eigenvalue weighted by Crippen LogP contribution is 2.20. The van der Waals surface area contributed by atoms with Crippen LogP contribution in [0.4, 0.5) is 5.69 Å². The number of carbonyl (C=O) groups is 1. The summed E-state index contributed by atoms with van der Waals surface area (Å²) in [7, 11) is 0. The minimum absolute atomic E-state index is 0.00580. The maximum absolute atomic E-state index is 12.5. The predicted molar refractivity (Wildman–Crippen MR) is 97.4 cm³/mol. The zero-order chi connectivity index (χ0) is 17.6. The van der Waals surface area contributed by atoms with E-state index < -0.39 is 5.91 Å². The molecule has 3 aromatic heterocycles. The molecule has 25 heavy (non-hydrogen) atoms. The summed E-state index contributed by atoms with van der Waals surface area (Å²) in [6.45, 7) is 4.84. The van der Waals surface area contributed by atoms with Gasteiger partial charge in [-0.3, -0.25) is 14.0 Å². The quantitative estimate of drug-likeness (QED) is 0.614. The van der Waals surface area contributed by atoms with E-state index in [0.717, 1.165) is 23.4 Å². The van der Waals surface area contributed by atoms with Crippen molar-refractivity contribution in [3.8, 4) is 0 Å². The van der Waals surface area contributed by atoms with Gasteiger partial charge in [-0.1, -0.05) is 0 Å². The fourth-order valence-corrected chi connectivity index (χ4v) is 3.58.